The van der Waals surface area contributed by atoms with E-state index in [0.717, 1.165) is 18.1 Å². The average Bonchev–Trinajstić information content (AvgIpc) is 2.84. The molecule has 1 atom stereocenters. The summed E-state index contributed by atoms with van der Waals surface area (Å²) in [6.07, 6.45) is -1.58. The molecular weight excluding hydrogens is 495 g/mol. The third-order valence-corrected chi connectivity index (χ3v) is 6.38. The average molecular weight is 514 g/mol. The maximum absolute atomic E-state index is 13.1. The van der Waals surface area contributed by atoms with Crippen LogP contribution in [0, 0.1) is 0 Å². The van der Waals surface area contributed by atoms with E-state index in [-0.39, 0.29) is 39.9 Å². The number of carbonyl (C=O) groups excluding carboxylic acids is 1. The predicted octanol–water partition coefficient (Wildman–Crippen LogP) is 6.59. The molecule has 0 saturated heterocycles. The number of pyridine rings is 1. The van der Waals surface area contributed by atoms with Gasteiger partial charge in [-0.3, -0.25) is 9.79 Å². The van der Waals surface area contributed by atoms with Crippen LogP contribution in [0.1, 0.15) is 29.2 Å². The largest absolute Gasteiger partial charge is 0.511 e. The minimum absolute atomic E-state index is 0.0326. The maximum atomic E-state index is 13.1. The van der Waals surface area contributed by atoms with Gasteiger partial charge in [-0.25, -0.2) is 4.98 Å². The number of rotatable bonds is 4. The first-order valence-corrected chi connectivity index (χ1v) is 11.4. The second-order valence-electron chi connectivity index (χ2n) is 8.39. The zero-order chi connectivity index (χ0) is 25.4. The minimum atomic E-state index is -4.57. The molecule has 184 valence electrons. The van der Waals surface area contributed by atoms with E-state index in [1.165, 1.54) is 17.8 Å². The van der Waals surface area contributed by atoms with Crippen LogP contribution in [0.4, 0.5) is 18.9 Å². The Hall–Kier alpha value is -3.85. The summed E-state index contributed by atoms with van der Waals surface area (Å²) in [4.78, 5) is 22.9. The number of amides is 1. The van der Waals surface area contributed by atoms with Crippen molar-refractivity contribution >= 4 is 29.4 Å². The fraction of sp³-hybridized carbons (Fsp3) is 0.192. The number of halogens is 4. The summed E-state index contributed by atoms with van der Waals surface area (Å²) in [5.41, 5.74) is 1.75. The zero-order valence-electron chi connectivity index (χ0n) is 18.7. The number of aromatic nitrogens is 1. The van der Waals surface area contributed by atoms with Crippen molar-refractivity contribution in [2.75, 3.05) is 6.54 Å². The molecule has 2 aromatic carbocycles. The highest BCUT2D eigenvalue weighted by Gasteiger charge is 2.37. The van der Waals surface area contributed by atoms with Gasteiger partial charge < -0.3 is 14.7 Å². The van der Waals surface area contributed by atoms with Crippen LogP contribution in [0.25, 0.3) is 0 Å². The van der Waals surface area contributed by atoms with Gasteiger partial charge in [0.05, 0.1) is 22.9 Å². The highest BCUT2D eigenvalue weighted by molar-refractivity contribution is 6.31. The standard InChI is InChI=1S/C26H19ClF3N3O3/c27-21-10-16(26(28,29)30)13-32-24(21)36-18-6-3-5-17(11-18)31-14-20-23(34)12-22-19-7-2-1-4-15(19)8-9-33(22)25(20)35/h1-7,10-11,13-14,22,34H,8-9,12H2. The summed E-state index contributed by atoms with van der Waals surface area (Å²) >= 11 is 5.91. The van der Waals surface area contributed by atoms with Gasteiger partial charge in [0, 0.05) is 31.4 Å². The van der Waals surface area contributed by atoms with Gasteiger partial charge in [-0.15, -0.1) is 0 Å². The first-order valence-electron chi connectivity index (χ1n) is 11.1. The van der Waals surface area contributed by atoms with Gasteiger partial charge >= 0.3 is 6.18 Å². The maximum Gasteiger partial charge on any atom is 0.417 e. The van der Waals surface area contributed by atoms with E-state index >= 15 is 0 Å². The summed E-state index contributed by atoms with van der Waals surface area (Å²) in [6, 6.07) is 14.8. The lowest BCUT2D eigenvalue weighted by atomic mass is 9.86. The number of aliphatic imine (C=N–C) groups is 1. The van der Waals surface area contributed by atoms with Crippen molar-refractivity contribution in [3.8, 4) is 11.6 Å². The Morgan fingerprint density at radius 1 is 1.17 bits per heavy atom. The molecule has 0 spiro atoms. The quantitative estimate of drug-likeness (QED) is 0.399. The summed E-state index contributed by atoms with van der Waals surface area (Å²) in [5.74, 6) is -0.283. The lowest BCUT2D eigenvalue weighted by Crippen LogP contribution is -2.44. The van der Waals surface area contributed by atoms with Crippen molar-refractivity contribution in [3.05, 3.63) is 93.8 Å². The third kappa shape index (κ3) is 4.66. The van der Waals surface area contributed by atoms with Crippen LogP contribution in [-0.4, -0.2) is 33.7 Å². The first kappa shape index (κ1) is 23.9. The number of aliphatic hydroxyl groups excluding tert-OH is 1. The Morgan fingerprint density at radius 3 is 2.75 bits per heavy atom. The molecule has 1 aromatic heterocycles. The number of aliphatic hydroxyl groups is 1. The van der Waals surface area contributed by atoms with E-state index in [9.17, 15) is 23.1 Å². The van der Waals surface area contributed by atoms with Crippen LogP contribution in [0.15, 0.2) is 77.1 Å². The predicted molar refractivity (Wildman–Crippen MR) is 128 cm³/mol. The van der Waals surface area contributed by atoms with Crippen LogP contribution in [0.5, 0.6) is 11.6 Å². The van der Waals surface area contributed by atoms with Gasteiger partial charge in [0.15, 0.2) is 0 Å². The van der Waals surface area contributed by atoms with Gasteiger partial charge in [0.25, 0.3) is 5.91 Å². The number of carbonyl (C=O) groups is 1. The molecule has 3 heterocycles. The Morgan fingerprint density at radius 2 is 1.97 bits per heavy atom. The van der Waals surface area contributed by atoms with E-state index in [4.69, 9.17) is 16.3 Å². The van der Waals surface area contributed by atoms with Crippen molar-refractivity contribution in [1.82, 2.24) is 9.88 Å². The van der Waals surface area contributed by atoms with Crippen molar-refractivity contribution in [2.45, 2.75) is 25.1 Å². The van der Waals surface area contributed by atoms with Crippen LogP contribution >= 0.6 is 11.6 Å². The van der Waals surface area contributed by atoms with E-state index in [1.807, 2.05) is 24.3 Å². The smallest absolute Gasteiger partial charge is 0.417 e. The van der Waals surface area contributed by atoms with Gasteiger partial charge in [0.1, 0.15) is 16.5 Å². The molecule has 5 rings (SSSR count). The second-order valence-corrected chi connectivity index (χ2v) is 8.80. The van der Waals surface area contributed by atoms with Crippen LogP contribution in [0.2, 0.25) is 5.02 Å². The molecule has 10 heteroatoms. The number of benzene rings is 2. The fourth-order valence-corrected chi connectivity index (χ4v) is 4.55. The number of nitrogens with zero attached hydrogens (tertiary/aromatic N) is 3. The summed E-state index contributed by atoms with van der Waals surface area (Å²) in [5, 5.41) is 10.4. The Labute approximate surface area is 209 Å². The van der Waals surface area contributed by atoms with Crippen molar-refractivity contribution in [2.24, 2.45) is 4.99 Å². The summed E-state index contributed by atoms with van der Waals surface area (Å²) < 4.78 is 44.0. The highest BCUT2D eigenvalue weighted by Crippen LogP contribution is 2.39. The molecular formula is C26H19ClF3N3O3. The molecule has 36 heavy (non-hydrogen) atoms. The topological polar surface area (TPSA) is 75.0 Å². The van der Waals surface area contributed by atoms with E-state index in [1.54, 1.807) is 23.1 Å². The molecule has 0 saturated carbocycles. The normalized spacial score (nSPS) is 17.8. The number of hydrogen-bond acceptors (Lipinski definition) is 5. The van der Waals surface area contributed by atoms with Gasteiger partial charge in [-0.05, 0) is 35.7 Å². The zero-order valence-corrected chi connectivity index (χ0v) is 19.4. The van der Waals surface area contributed by atoms with Crippen molar-refractivity contribution in [1.29, 1.82) is 0 Å². The molecule has 3 aromatic rings. The van der Waals surface area contributed by atoms with Crippen molar-refractivity contribution in [3.63, 3.8) is 0 Å². The minimum Gasteiger partial charge on any atom is -0.511 e. The molecule has 6 nitrogen and oxygen atoms in total. The van der Waals surface area contributed by atoms with Crippen molar-refractivity contribution < 1.29 is 27.8 Å². The SMILES string of the molecule is O=C1C(C=Nc2cccc(Oc3ncc(C(F)(F)F)cc3Cl)c2)=C(O)CC2c3ccccc3CCN12. The lowest BCUT2D eigenvalue weighted by Gasteiger charge is -2.40. The second kappa shape index (κ2) is 9.31. The van der Waals surface area contributed by atoms with Gasteiger partial charge in [0.2, 0.25) is 5.88 Å². The molecule has 0 bridgehead atoms. The summed E-state index contributed by atoms with van der Waals surface area (Å²) in [7, 11) is 0. The monoisotopic (exact) mass is 513 g/mol. The molecule has 1 N–H and O–H groups in total. The Bertz CT molecular complexity index is 1400. The molecule has 2 aliphatic heterocycles. The molecule has 1 unspecified atom stereocenters. The first-order chi connectivity index (χ1) is 17.2. The molecule has 1 amide bonds. The van der Waals surface area contributed by atoms with Crippen LogP contribution in [0.3, 0.4) is 0 Å². The van der Waals surface area contributed by atoms with Gasteiger partial charge in [-0.1, -0.05) is 41.9 Å². The number of alkyl halides is 3. The molecule has 0 fully saturated rings. The van der Waals surface area contributed by atoms with E-state index in [0.29, 0.717) is 24.8 Å². The third-order valence-electron chi connectivity index (χ3n) is 6.11. The van der Waals surface area contributed by atoms with E-state index in [2.05, 4.69) is 9.98 Å². The van der Waals surface area contributed by atoms with E-state index < -0.39 is 11.7 Å². The highest BCUT2D eigenvalue weighted by atomic mass is 35.5. The number of ether oxygens (including phenoxy) is 1. The molecule has 2 aliphatic rings. The van der Waals surface area contributed by atoms with Gasteiger partial charge in [-0.2, -0.15) is 13.2 Å². The molecule has 0 aliphatic carbocycles. The summed E-state index contributed by atoms with van der Waals surface area (Å²) in [6.45, 7) is 0.551. The Kier molecular flexibility index (Phi) is 6.17. The fourth-order valence-electron chi connectivity index (χ4n) is 4.35. The van der Waals surface area contributed by atoms with Crippen LogP contribution in [-0.2, 0) is 17.4 Å². The number of fused-ring (bicyclic) bond motifs is 3. The Balaban J connectivity index is 1.35. The van der Waals surface area contributed by atoms with Crippen LogP contribution < -0.4 is 4.74 Å². The number of hydrogen-bond donors (Lipinski definition) is 1. The lowest BCUT2D eigenvalue weighted by molar-refractivity contribution is -0.137. The molecule has 0 radical (unpaired) electrons.